The van der Waals surface area contributed by atoms with Gasteiger partial charge in [0.2, 0.25) is 0 Å². The van der Waals surface area contributed by atoms with Crippen molar-refractivity contribution >= 4 is 0 Å². The monoisotopic (exact) mass is 234 g/mol. The molecule has 0 saturated heterocycles. The van der Waals surface area contributed by atoms with Gasteiger partial charge in [-0.1, -0.05) is 25.1 Å². The topological polar surface area (TPSA) is 38.7 Å². The van der Waals surface area contributed by atoms with Gasteiger partial charge in [-0.05, 0) is 30.5 Å². The Morgan fingerprint density at radius 2 is 2.06 bits per heavy atom. The molecule has 1 aromatic rings. The van der Waals surface area contributed by atoms with Gasteiger partial charge >= 0.3 is 0 Å². The van der Waals surface area contributed by atoms with Crippen molar-refractivity contribution in [2.75, 3.05) is 13.2 Å². The number of ether oxygens (including phenoxy) is 2. The number of hydrogen-bond donors (Lipinski definition) is 1. The Labute approximate surface area is 102 Å². The van der Waals surface area contributed by atoms with E-state index in [-0.39, 0.29) is 0 Å². The first-order valence-corrected chi connectivity index (χ1v) is 5.95. The van der Waals surface area contributed by atoms with Gasteiger partial charge in [-0.25, -0.2) is 0 Å². The van der Waals surface area contributed by atoms with E-state index in [1.807, 2.05) is 25.1 Å². The zero-order valence-electron chi connectivity index (χ0n) is 10.1. The predicted molar refractivity (Wildman–Crippen MR) is 66.4 cm³/mol. The molecule has 0 amide bonds. The highest BCUT2D eigenvalue weighted by molar-refractivity contribution is 5.44. The summed E-state index contributed by atoms with van der Waals surface area (Å²) in [4.78, 5) is 0. The molecule has 2 rings (SSSR count). The molecule has 0 saturated carbocycles. The predicted octanol–water partition coefficient (Wildman–Crippen LogP) is 2.85. The van der Waals surface area contributed by atoms with E-state index in [1.54, 1.807) is 0 Å². The van der Waals surface area contributed by atoms with Crippen LogP contribution in [0.2, 0.25) is 0 Å². The van der Waals surface area contributed by atoms with Crippen LogP contribution in [0.5, 0.6) is 11.5 Å². The van der Waals surface area contributed by atoms with Crippen LogP contribution in [-0.4, -0.2) is 18.3 Å². The lowest BCUT2D eigenvalue weighted by molar-refractivity contribution is 0.164. The van der Waals surface area contributed by atoms with Gasteiger partial charge in [-0.15, -0.1) is 0 Å². The maximum atomic E-state index is 10.1. The van der Waals surface area contributed by atoms with E-state index in [0.717, 1.165) is 29.1 Å². The van der Waals surface area contributed by atoms with Gasteiger partial charge in [0.25, 0.3) is 0 Å². The fourth-order valence-electron chi connectivity index (χ4n) is 1.80. The van der Waals surface area contributed by atoms with E-state index in [2.05, 4.69) is 6.58 Å². The normalized spacial score (nSPS) is 15.4. The van der Waals surface area contributed by atoms with E-state index in [0.29, 0.717) is 19.6 Å². The van der Waals surface area contributed by atoms with Crippen molar-refractivity contribution in [2.24, 2.45) is 0 Å². The Balaban J connectivity index is 2.13. The second-order valence-electron chi connectivity index (χ2n) is 4.23. The summed E-state index contributed by atoms with van der Waals surface area (Å²) in [5, 5.41) is 10.1. The Bertz CT molecular complexity index is 412. The van der Waals surface area contributed by atoms with Gasteiger partial charge in [-0.3, -0.25) is 0 Å². The Morgan fingerprint density at radius 3 is 2.76 bits per heavy atom. The summed E-state index contributed by atoms with van der Waals surface area (Å²) in [6.45, 7) is 7.10. The zero-order chi connectivity index (χ0) is 12.3. The van der Waals surface area contributed by atoms with Crippen molar-refractivity contribution in [3.05, 3.63) is 35.9 Å². The molecule has 1 N–H and O–H groups in total. The lowest BCUT2D eigenvalue weighted by atomic mass is 10.0. The van der Waals surface area contributed by atoms with Gasteiger partial charge in [0.1, 0.15) is 13.2 Å². The molecule has 0 radical (unpaired) electrons. The minimum atomic E-state index is -0.515. The molecule has 1 aliphatic heterocycles. The smallest absolute Gasteiger partial charge is 0.161 e. The average molecular weight is 234 g/mol. The van der Waals surface area contributed by atoms with Crippen LogP contribution in [0.4, 0.5) is 0 Å². The second-order valence-corrected chi connectivity index (χ2v) is 4.23. The van der Waals surface area contributed by atoms with E-state index >= 15 is 0 Å². The molecule has 0 spiro atoms. The van der Waals surface area contributed by atoms with Gasteiger partial charge in [0, 0.05) is 0 Å². The minimum Gasteiger partial charge on any atom is -0.486 e. The summed E-state index contributed by atoms with van der Waals surface area (Å²) < 4.78 is 10.9. The van der Waals surface area contributed by atoms with Crippen molar-refractivity contribution in [3.8, 4) is 11.5 Å². The average Bonchev–Trinajstić information content (AvgIpc) is 2.38. The number of fused-ring (bicyclic) bond motifs is 1. The molecule has 3 heteroatoms. The molecule has 0 fully saturated rings. The molecule has 1 atom stereocenters. The molecule has 1 aliphatic rings. The summed E-state index contributed by atoms with van der Waals surface area (Å²) in [5.41, 5.74) is 1.90. The van der Waals surface area contributed by atoms with Crippen LogP contribution in [0.15, 0.2) is 30.4 Å². The zero-order valence-corrected chi connectivity index (χ0v) is 10.1. The number of aliphatic hydroxyl groups is 1. The molecule has 1 heterocycles. The minimum absolute atomic E-state index is 0.515. The van der Waals surface area contributed by atoms with E-state index in [4.69, 9.17) is 9.47 Å². The van der Waals surface area contributed by atoms with Crippen LogP contribution in [0.25, 0.3) is 0 Å². The number of hydrogen-bond acceptors (Lipinski definition) is 3. The summed E-state index contributed by atoms with van der Waals surface area (Å²) in [5.74, 6) is 1.47. The van der Waals surface area contributed by atoms with Crippen molar-refractivity contribution in [1.82, 2.24) is 0 Å². The van der Waals surface area contributed by atoms with Crippen LogP contribution in [0, 0.1) is 0 Å². The number of aliphatic hydroxyl groups excluding tert-OH is 1. The SMILES string of the molecule is C=C(CC)CC(O)c1ccc2c(c1)OCCO2. The van der Waals surface area contributed by atoms with Crippen LogP contribution in [0.1, 0.15) is 31.4 Å². The lowest BCUT2D eigenvalue weighted by Crippen LogP contribution is -2.15. The molecule has 0 aromatic heterocycles. The molecule has 3 nitrogen and oxygen atoms in total. The Kier molecular flexibility index (Phi) is 3.69. The largest absolute Gasteiger partial charge is 0.486 e. The standard InChI is InChI=1S/C14H18O3/c1-3-10(2)8-12(15)11-4-5-13-14(9-11)17-7-6-16-13/h4-5,9,12,15H,2-3,6-8H2,1H3. The van der Waals surface area contributed by atoms with Crippen LogP contribution in [-0.2, 0) is 0 Å². The van der Waals surface area contributed by atoms with Crippen molar-refractivity contribution < 1.29 is 14.6 Å². The fraction of sp³-hybridized carbons (Fsp3) is 0.429. The third-order valence-corrected chi connectivity index (χ3v) is 2.93. The van der Waals surface area contributed by atoms with Crippen LogP contribution in [0.3, 0.4) is 0 Å². The highest BCUT2D eigenvalue weighted by atomic mass is 16.6. The third-order valence-electron chi connectivity index (χ3n) is 2.93. The molecule has 0 bridgehead atoms. The summed E-state index contributed by atoms with van der Waals surface area (Å²) in [7, 11) is 0. The highest BCUT2D eigenvalue weighted by Crippen LogP contribution is 2.33. The summed E-state index contributed by atoms with van der Waals surface area (Å²) in [6, 6.07) is 5.57. The Morgan fingerprint density at radius 1 is 1.35 bits per heavy atom. The molecule has 1 aromatic carbocycles. The van der Waals surface area contributed by atoms with E-state index < -0.39 is 6.10 Å². The fourth-order valence-corrected chi connectivity index (χ4v) is 1.80. The molecule has 17 heavy (non-hydrogen) atoms. The van der Waals surface area contributed by atoms with Crippen molar-refractivity contribution in [1.29, 1.82) is 0 Å². The van der Waals surface area contributed by atoms with Crippen molar-refractivity contribution in [3.63, 3.8) is 0 Å². The summed E-state index contributed by atoms with van der Waals surface area (Å²) in [6.07, 6.45) is 0.968. The quantitative estimate of drug-likeness (QED) is 0.814. The second kappa shape index (κ2) is 5.23. The van der Waals surface area contributed by atoms with Gasteiger partial charge in [0.05, 0.1) is 6.10 Å². The van der Waals surface area contributed by atoms with E-state index in [1.165, 1.54) is 0 Å². The third kappa shape index (κ3) is 2.80. The summed E-state index contributed by atoms with van der Waals surface area (Å²) >= 11 is 0. The maximum Gasteiger partial charge on any atom is 0.161 e. The first-order chi connectivity index (χ1) is 8.20. The number of benzene rings is 1. The molecule has 1 unspecified atom stereocenters. The van der Waals surface area contributed by atoms with Gasteiger partial charge in [0.15, 0.2) is 11.5 Å². The first kappa shape index (κ1) is 12.0. The maximum absolute atomic E-state index is 10.1. The molecule has 92 valence electrons. The number of rotatable bonds is 4. The lowest BCUT2D eigenvalue weighted by Gasteiger charge is -2.20. The van der Waals surface area contributed by atoms with Crippen LogP contribution >= 0.6 is 0 Å². The van der Waals surface area contributed by atoms with E-state index in [9.17, 15) is 5.11 Å². The van der Waals surface area contributed by atoms with Gasteiger partial charge < -0.3 is 14.6 Å². The molecule has 0 aliphatic carbocycles. The van der Waals surface area contributed by atoms with Crippen LogP contribution < -0.4 is 9.47 Å². The first-order valence-electron chi connectivity index (χ1n) is 5.95. The molecular weight excluding hydrogens is 216 g/mol. The van der Waals surface area contributed by atoms with Gasteiger partial charge in [-0.2, -0.15) is 0 Å². The van der Waals surface area contributed by atoms with Crippen molar-refractivity contribution in [2.45, 2.75) is 25.9 Å². The Hall–Kier alpha value is -1.48. The highest BCUT2D eigenvalue weighted by Gasteiger charge is 2.15. The molecular formula is C14H18O3.